The molecule has 0 aromatic carbocycles. The normalized spacial score (nSPS) is 26.9. The molecule has 80 valence electrons. The van der Waals surface area contributed by atoms with Crippen molar-refractivity contribution in [3.8, 4) is 0 Å². The lowest BCUT2D eigenvalue weighted by molar-refractivity contribution is 0.774. The summed E-state index contributed by atoms with van der Waals surface area (Å²) in [5.41, 5.74) is 5.88. The van der Waals surface area contributed by atoms with Crippen LogP contribution in [0.3, 0.4) is 0 Å². The zero-order chi connectivity index (χ0) is 9.38. The Morgan fingerprint density at radius 3 is 3.00 bits per heavy atom. The quantitative estimate of drug-likeness (QED) is 0.602. The first-order chi connectivity index (χ1) is 6.95. The van der Waals surface area contributed by atoms with Gasteiger partial charge in [-0.25, -0.2) is 0 Å². The van der Waals surface area contributed by atoms with E-state index in [0.717, 1.165) is 19.5 Å². The second kappa shape index (κ2) is 4.31. The highest BCUT2D eigenvalue weighted by atomic mass is 35.5. The molecule has 0 bridgehead atoms. The van der Waals surface area contributed by atoms with Crippen LogP contribution in [0, 0.1) is 0 Å². The summed E-state index contributed by atoms with van der Waals surface area (Å²) in [7, 11) is 0. The molecule has 0 fully saturated rings. The molecular weight excluding hydrogens is 208 g/mol. The number of rotatable bonds is 0. The summed E-state index contributed by atoms with van der Waals surface area (Å²) in [6.45, 7) is 1.84. The van der Waals surface area contributed by atoms with Crippen LogP contribution in [0.15, 0.2) is 32.8 Å². The van der Waals surface area contributed by atoms with Gasteiger partial charge in [0.2, 0.25) is 0 Å². The van der Waals surface area contributed by atoms with E-state index in [9.17, 15) is 0 Å². The van der Waals surface area contributed by atoms with E-state index in [2.05, 4.69) is 16.1 Å². The minimum atomic E-state index is 0. The maximum atomic E-state index is 4.61. The predicted molar refractivity (Wildman–Crippen MR) is 66.5 cm³/mol. The van der Waals surface area contributed by atoms with Gasteiger partial charge in [-0.05, 0) is 42.9 Å². The average molecular weight is 223 g/mol. The molecule has 3 rings (SSSR count). The number of hydrogen-bond acceptors (Lipinski definition) is 2. The van der Waals surface area contributed by atoms with Crippen LogP contribution >= 0.6 is 12.4 Å². The van der Waals surface area contributed by atoms with E-state index in [4.69, 9.17) is 0 Å². The fourth-order valence-corrected chi connectivity index (χ4v) is 2.56. The highest BCUT2D eigenvalue weighted by molar-refractivity contribution is 6.08. The number of halogens is 1. The maximum absolute atomic E-state index is 4.61. The molecule has 0 amide bonds. The second-order valence-corrected chi connectivity index (χ2v) is 4.09. The van der Waals surface area contributed by atoms with Gasteiger partial charge in [0, 0.05) is 18.5 Å². The third-order valence-electron chi connectivity index (χ3n) is 3.22. The Kier molecular flexibility index (Phi) is 3.06. The van der Waals surface area contributed by atoms with Crippen molar-refractivity contribution in [2.45, 2.75) is 25.7 Å². The van der Waals surface area contributed by atoms with Gasteiger partial charge in [-0.2, -0.15) is 0 Å². The summed E-state index contributed by atoms with van der Waals surface area (Å²) in [6, 6.07) is 0. The van der Waals surface area contributed by atoms with Gasteiger partial charge in [0.15, 0.2) is 0 Å². The number of allylic oxidation sites excluding steroid dienone is 1. The van der Waals surface area contributed by atoms with Gasteiger partial charge in [-0.3, -0.25) is 9.98 Å². The molecule has 0 radical (unpaired) electrons. The first-order valence-electron chi connectivity index (χ1n) is 5.40. The monoisotopic (exact) mass is 222 g/mol. The summed E-state index contributed by atoms with van der Waals surface area (Å²) in [5, 5.41) is 0. The standard InChI is InChI=1S/C12H14N2.ClH/c1-2-9-4-6-13-7-5-10-8-14-11(3-1)12(9)10;/h5,7H,1-4,6,8H2;1H/b10-5-,13-7?;. The molecule has 0 N–H and O–H groups in total. The van der Waals surface area contributed by atoms with Crippen LogP contribution in [-0.4, -0.2) is 25.0 Å². The molecule has 0 saturated carbocycles. The van der Waals surface area contributed by atoms with Crippen molar-refractivity contribution in [1.29, 1.82) is 0 Å². The van der Waals surface area contributed by atoms with Crippen LogP contribution in [-0.2, 0) is 0 Å². The van der Waals surface area contributed by atoms with Crippen LogP contribution in [0.2, 0.25) is 0 Å². The summed E-state index contributed by atoms with van der Waals surface area (Å²) in [4.78, 5) is 8.96. The maximum Gasteiger partial charge on any atom is 0.0650 e. The van der Waals surface area contributed by atoms with E-state index in [1.807, 2.05) is 6.21 Å². The molecule has 2 heterocycles. The van der Waals surface area contributed by atoms with Gasteiger partial charge >= 0.3 is 0 Å². The van der Waals surface area contributed by atoms with Gasteiger partial charge in [-0.1, -0.05) is 5.57 Å². The Bertz CT molecular complexity index is 388. The molecule has 0 spiro atoms. The zero-order valence-electron chi connectivity index (χ0n) is 8.70. The third kappa shape index (κ3) is 1.78. The van der Waals surface area contributed by atoms with Crippen LogP contribution in [0.4, 0.5) is 0 Å². The molecule has 0 aromatic heterocycles. The fraction of sp³-hybridized carbons (Fsp3) is 0.500. The minimum Gasteiger partial charge on any atom is -0.293 e. The van der Waals surface area contributed by atoms with E-state index < -0.39 is 0 Å². The topological polar surface area (TPSA) is 24.7 Å². The largest absolute Gasteiger partial charge is 0.293 e. The van der Waals surface area contributed by atoms with Crippen molar-refractivity contribution >= 4 is 24.3 Å². The summed E-state index contributed by atoms with van der Waals surface area (Å²) >= 11 is 0. The molecule has 2 nitrogen and oxygen atoms in total. The van der Waals surface area contributed by atoms with Crippen molar-refractivity contribution < 1.29 is 0 Å². The Morgan fingerprint density at radius 2 is 2.07 bits per heavy atom. The van der Waals surface area contributed by atoms with E-state index in [0.29, 0.717) is 0 Å². The lowest BCUT2D eigenvalue weighted by Gasteiger charge is -2.19. The zero-order valence-corrected chi connectivity index (χ0v) is 9.52. The Balaban J connectivity index is 0.000000853. The van der Waals surface area contributed by atoms with Gasteiger partial charge in [0.05, 0.1) is 6.54 Å². The van der Waals surface area contributed by atoms with Crippen molar-refractivity contribution in [3.05, 3.63) is 22.8 Å². The fourth-order valence-electron chi connectivity index (χ4n) is 2.56. The van der Waals surface area contributed by atoms with Crippen molar-refractivity contribution in [2.24, 2.45) is 9.98 Å². The number of hydrogen-bond donors (Lipinski definition) is 0. The van der Waals surface area contributed by atoms with Crippen LogP contribution in [0.25, 0.3) is 0 Å². The first-order valence-corrected chi connectivity index (χ1v) is 5.40. The van der Waals surface area contributed by atoms with Crippen LogP contribution in [0.5, 0.6) is 0 Å². The molecule has 3 aliphatic rings. The molecular formula is C12H15ClN2. The lowest BCUT2D eigenvalue weighted by atomic mass is 9.85. The summed E-state index contributed by atoms with van der Waals surface area (Å²) in [6.07, 6.45) is 8.98. The summed E-state index contributed by atoms with van der Waals surface area (Å²) in [5.74, 6) is 0. The first kappa shape index (κ1) is 10.6. The van der Waals surface area contributed by atoms with Crippen LogP contribution in [0.1, 0.15) is 25.7 Å². The minimum absolute atomic E-state index is 0. The SMILES string of the molecule is C1=NCCC2=C3C(=NC/C3=C/1)CCC2.Cl. The third-order valence-corrected chi connectivity index (χ3v) is 3.22. The molecule has 1 aliphatic carbocycles. The van der Waals surface area contributed by atoms with Gasteiger partial charge in [0.1, 0.15) is 0 Å². The average Bonchev–Trinajstić information content (AvgIpc) is 2.57. The van der Waals surface area contributed by atoms with Crippen LogP contribution < -0.4 is 0 Å². The van der Waals surface area contributed by atoms with Gasteiger partial charge in [0.25, 0.3) is 0 Å². The van der Waals surface area contributed by atoms with E-state index in [-0.39, 0.29) is 12.4 Å². The van der Waals surface area contributed by atoms with E-state index in [1.165, 1.54) is 36.1 Å². The molecule has 2 aliphatic heterocycles. The van der Waals surface area contributed by atoms with E-state index in [1.54, 1.807) is 5.57 Å². The number of aliphatic imine (C=N–C) groups is 2. The second-order valence-electron chi connectivity index (χ2n) is 4.09. The molecule has 0 saturated heterocycles. The predicted octanol–water partition coefficient (Wildman–Crippen LogP) is 2.74. The Hall–Kier alpha value is -0.890. The number of nitrogens with zero attached hydrogens (tertiary/aromatic N) is 2. The molecule has 3 heteroatoms. The molecule has 0 aromatic rings. The highest BCUT2D eigenvalue weighted by Gasteiger charge is 2.25. The Labute approximate surface area is 96.3 Å². The van der Waals surface area contributed by atoms with Gasteiger partial charge in [-0.15, -0.1) is 12.4 Å². The van der Waals surface area contributed by atoms with Crippen molar-refractivity contribution in [2.75, 3.05) is 13.1 Å². The van der Waals surface area contributed by atoms with E-state index >= 15 is 0 Å². The smallest absolute Gasteiger partial charge is 0.0650 e. The molecule has 0 atom stereocenters. The van der Waals surface area contributed by atoms with Gasteiger partial charge < -0.3 is 0 Å². The lowest BCUT2D eigenvalue weighted by Crippen LogP contribution is -2.11. The Morgan fingerprint density at radius 1 is 1.13 bits per heavy atom. The van der Waals surface area contributed by atoms with Crippen molar-refractivity contribution in [3.63, 3.8) is 0 Å². The highest BCUT2D eigenvalue weighted by Crippen LogP contribution is 2.34. The summed E-state index contributed by atoms with van der Waals surface area (Å²) < 4.78 is 0. The molecule has 0 unspecified atom stereocenters. The van der Waals surface area contributed by atoms with Crippen molar-refractivity contribution in [1.82, 2.24) is 0 Å². The molecule has 15 heavy (non-hydrogen) atoms.